The quantitative estimate of drug-likeness (QED) is 0.517. The number of hydrogen-bond acceptors (Lipinski definition) is 5. The summed E-state index contributed by atoms with van der Waals surface area (Å²) in [7, 11) is 0. The summed E-state index contributed by atoms with van der Waals surface area (Å²) >= 11 is 5.89. The average Bonchev–Trinajstić information content (AvgIpc) is 3.22. The molecule has 0 aliphatic carbocycles. The Morgan fingerprint density at radius 1 is 1.21 bits per heavy atom. The smallest absolute Gasteiger partial charge is 0.227 e. The number of carbonyl (C=O) groups excluding carboxylic acids is 1. The predicted octanol–water partition coefficient (Wildman–Crippen LogP) is 4.41. The number of amides is 1. The minimum Gasteiger partial charge on any atom is -0.339 e. The fourth-order valence-corrected chi connectivity index (χ4v) is 2.89. The first kappa shape index (κ1) is 20.3. The molecule has 2 aromatic carbocycles. The van der Waals surface area contributed by atoms with Crippen molar-refractivity contribution in [1.82, 2.24) is 15.0 Å². The van der Waals surface area contributed by atoms with Crippen LogP contribution >= 0.6 is 11.6 Å². The molecular weight excluding hydrogens is 388 g/mol. The molecule has 1 aromatic heterocycles. The number of benzene rings is 2. The predicted molar refractivity (Wildman–Crippen MR) is 110 cm³/mol. The first-order valence-electron chi connectivity index (χ1n) is 9.05. The summed E-state index contributed by atoms with van der Waals surface area (Å²) in [6.07, 6.45) is 2.28. The van der Waals surface area contributed by atoms with Gasteiger partial charge in [0.15, 0.2) is 0 Å². The van der Waals surface area contributed by atoms with Crippen molar-refractivity contribution < 1.29 is 9.32 Å². The minimum atomic E-state index is -0.0412. The zero-order valence-corrected chi connectivity index (χ0v) is 16.5. The fourth-order valence-electron chi connectivity index (χ4n) is 2.76. The van der Waals surface area contributed by atoms with Crippen molar-refractivity contribution in [3.8, 4) is 17.5 Å². The van der Waals surface area contributed by atoms with E-state index in [-0.39, 0.29) is 12.3 Å². The van der Waals surface area contributed by atoms with Crippen LogP contribution in [0.3, 0.4) is 0 Å². The SMILES string of the molecule is C=CCN(Cc1ccc(C#N)cc1)C(=O)CCc1nc(-c2ccc(Cl)cc2)no1. The molecule has 0 bridgehead atoms. The van der Waals surface area contributed by atoms with E-state index in [4.69, 9.17) is 21.4 Å². The second-order valence-electron chi connectivity index (χ2n) is 6.39. The Bertz CT molecular complexity index is 1020. The van der Waals surface area contributed by atoms with Gasteiger partial charge in [-0.2, -0.15) is 10.2 Å². The highest BCUT2D eigenvalue weighted by atomic mass is 35.5. The van der Waals surface area contributed by atoms with Gasteiger partial charge < -0.3 is 9.42 Å². The van der Waals surface area contributed by atoms with Crippen LogP contribution in [-0.4, -0.2) is 27.5 Å². The van der Waals surface area contributed by atoms with Crippen molar-refractivity contribution in [3.05, 3.63) is 83.2 Å². The van der Waals surface area contributed by atoms with Gasteiger partial charge in [0.05, 0.1) is 11.6 Å². The molecule has 146 valence electrons. The van der Waals surface area contributed by atoms with Crippen molar-refractivity contribution in [2.24, 2.45) is 0 Å². The molecule has 0 N–H and O–H groups in total. The molecule has 3 rings (SSSR count). The van der Waals surface area contributed by atoms with E-state index in [0.29, 0.717) is 41.8 Å². The molecule has 0 atom stereocenters. The molecule has 0 spiro atoms. The number of nitrogens with zero attached hydrogens (tertiary/aromatic N) is 4. The third kappa shape index (κ3) is 5.53. The Kier molecular flexibility index (Phi) is 6.77. The molecule has 0 saturated heterocycles. The van der Waals surface area contributed by atoms with E-state index >= 15 is 0 Å². The van der Waals surface area contributed by atoms with E-state index < -0.39 is 0 Å². The van der Waals surface area contributed by atoms with Crippen LogP contribution < -0.4 is 0 Å². The Morgan fingerprint density at radius 3 is 2.59 bits per heavy atom. The highest BCUT2D eigenvalue weighted by Crippen LogP contribution is 2.19. The van der Waals surface area contributed by atoms with Crippen LogP contribution in [-0.2, 0) is 17.8 Å². The second-order valence-corrected chi connectivity index (χ2v) is 6.83. The molecule has 0 aliphatic rings. The van der Waals surface area contributed by atoms with Crippen LogP contribution in [0, 0.1) is 11.3 Å². The molecule has 6 nitrogen and oxygen atoms in total. The maximum Gasteiger partial charge on any atom is 0.227 e. The summed E-state index contributed by atoms with van der Waals surface area (Å²) in [5, 5.41) is 13.5. The number of aromatic nitrogens is 2. The number of halogens is 1. The van der Waals surface area contributed by atoms with E-state index in [0.717, 1.165) is 11.1 Å². The molecule has 0 unspecified atom stereocenters. The molecule has 3 aromatic rings. The molecule has 0 aliphatic heterocycles. The topological polar surface area (TPSA) is 83.0 Å². The van der Waals surface area contributed by atoms with Crippen molar-refractivity contribution >= 4 is 17.5 Å². The highest BCUT2D eigenvalue weighted by molar-refractivity contribution is 6.30. The van der Waals surface area contributed by atoms with Crippen molar-refractivity contribution in [1.29, 1.82) is 5.26 Å². The Balaban J connectivity index is 1.60. The molecule has 1 heterocycles. The second kappa shape index (κ2) is 9.67. The third-order valence-corrected chi connectivity index (χ3v) is 4.53. The first-order chi connectivity index (χ1) is 14.1. The summed E-state index contributed by atoms with van der Waals surface area (Å²) in [6.45, 7) is 4.60. The van der Waals surface area contributed by atoms with Gasteiger partial charge in [-0.1, -0.05) is 35.0 Å². The lowest BCUT2D eigenvalue weighted by atomic mass is 10.1. The van der Waals surface area contributed by atoms with Crippen LogP contribution in [0.1, 0.15) is 23.4 Å². The Hall–Kier alpha value is -3.43. The number of nitriles is 1. The third-order valence-electron chi connectivity index (χ3n) is 4.28. The lowest BCUT2D eigenvalue weighted by Crippen LogP contribution is -2.30. The largest absolute Gasteiger partial charge is 0.339 e. The summed E-state index contributed by atoms with van der Waals surface area (Å²) < 4.78 is 5.27. The molecule has 29 heavy (non-hydrogen) atoms. The monoisotopic (exact) mass is 406 g/mol. The minimum absolute atomic E-state index is 0.0412. The van der Waals surface area contributed by atoms with E-state index in [1.807, 2.05) is 24.3 Å². The van der Waals surface area contributed by atoms with Gasteiger partial charge in [0.2, 0.25) is 17.6 Å². The van der Waals surface area contributed by atoms with E-state index in [9.17, 15) is 4.79 Å². The van der Waals surface area contributed by atoms with Gasteiger partial charge in [0.25, 0.3) is 0 Å². The van der Waals surface area contributed by atoms with Crippen molar-refractivity contribution in [3.63, 3.8) is 0 Å². The van der Waals surface area contributed by atoms with Crippen LogP contribution in [0.4, 0.5) is 0 Å². The van der Waals surface area contributed by atoms with Gasteiger partial charge in [-0.3, -0.25) is 4.79 Å². The maximum absolute atomic E-state index is 12.7. The summed E-state index contributed by atoms with van der Waals surface area (Å²) in [6, 6.07) is 16.4. The Labute approximate surface area is 174 Å². The van der Waals surface area contributed by atoms with Crippen molar-refractivity contribution in [2.75, 3.05) is 6.54 Å². The van der Waals surface area contributed by atoms with Crippen LogP contribution in [0.25, 0.3) is 11.4 Å². The van der Waals surface area contributed by atoms with Gasteiger partial charge in [-0.15, -0.1) is 6.58 Å². The van der Waals surface area contributed by atoms with Gasteiger partial charge in [0.1, 0.15) is 0 Å². The molecular formula is C22H19ClN4O2. The normalized spacial score (nSPS) is 10.3. The molecule has 0 radical (unpaired) electrons. The lowest BCUT2D eigenvalue weighted by molar-refractivity contribution is -0.131. The number of rotatable bonds is 8. The summed E-state index contributed by atoms with van der Waals surface area (Å²) in [5.74, 6) is 0.824. The zero-order valence-electron chi connectivity index (χ0n) is 15.7. The Morgan fingerprint density at radius 2 is 1.93 bits per heavy atom. The standard InChI is InChI=1S/C22H19ClN4O2/c1-2-13-27(15-17-5-3-16(14-24)4-6-17)21(28)12-11-20-25-22(26-29-20)18-7-9-19(23)10-8-18/h2-10H,1,11-13,15H2. The van der Waals surface area contributed by atoms with Gasteiger partial charge in [-0.25, -0.2) is 0 Å². The molecule has 0 saturated carbocycles. The number of aryl methyl sites for hydroxylation is 1. The van der Waals surface area contributed by atoms with Crippen LogP contribution in [0.5, 0.6) is 0 Å². The first-order valence-corrected chi connectivity index (χ1v) is 9.43. The average molecular weight is 407 g/mol. The molecule has 7 heteroatoms. The van der Waals surface area contributed by atoms with Crippen molar-refractivity contribution in [2.45, 2.75) is 19.4 Å². The van der Waals surface area contributed by atoms with Gasteiger partial charge in [0, 0.05) is 36.5 Å². The summed E-state index contributed by atoms with van der Waals surface area (Å²) in [4.78, 5) is 18.7. The van der Waals surface area contributed by atoms with Gasteiger partial charge >= 0.3 is 0 Å². The maximum atomic E-state index is 12.7. The van der Waals surface area contributed by atoms with Gasteiger partial charge in [-0.05, 0) is 42.0 Å². The molecule has 0 fully saturated rings. The highest BCUT2D eigenvalue weighted by Gasteiger charge is 2.16. The lowest BCUT2D eigenvalue weighted by Gasteiger charge is -2.21. The van der Waals surface area contributed by atoms with E-state index in [2.05, 4.69) is 22.8 Å². The number of carbonyl (C=O) groups is 1. The molecule has 1 amide bonds. The van der Waals surface area contributed by atoms with Crippen LogP contribution in [0.2, 0.25) is 5.02 Å². The fraction of sp³-hybridized carbons (Fsp3) is 0.182. The van der Waals surface area contributed by atoms with Crippen LogP contribution in [0.15, 0.2) is 65.7 Å². The number of hydrogen-bond donors (Lipinski definition) is 0. The zero-order chi connectivity index (χ0) is 20.6. The van der Waals surface area contributed by atoms with E-state index in [1.54, 1.807) is 35.2 Å². The summed E-state index contributed by atoms with van der Waals surface area (Å²) in [5.41, 5.74) is 2.33. The van der Waals surface area contributed by atoms with E-state index in [1.165, 1.54) is 0 Å².